The first kappa shape index (κ1) is 18.5. The van der Waals surface area contributed by atoms with Crippen LogP contribution >= 0.6 is 23.4 Å². The molecule has 0 aliphatic carbocycles. The molecule has 1 aliphatic heterocycles. The minimum Gasteiger partial charge on any atom is -0.431 e. The molecule has 0 unspecified atom stereocenters. The molecule has 1 aliphatic rings. The number of hydrogen-bond donors (Lipinski definition) is 0. The molecular formula is C16H19ClN2O4S2. The van der Waals surface area contributed by atoms with Gasteiger partial charge in [0.25, 0.3) is 5.22 Å². The molecule has 1 amide bonds. The van der Waals surface area contributed by atoms with Crippen LogP contribution in [-0.4, -0.2) is 54.6 Å². The first-order valence-electron chi connectivity index (χ1n) is 7.99. The maximum absolute atomic E-state index is 12.3. The Balaban J connectivity index is 1.50. The van der Waals surface area contributed by atoms with E-state index >= 15 is 0 Å². The molecule has 1 saturated heterocycles. The highest BCUT2D eigenvalue weighted by Gasteiger charge is 2.28. The summed E-state index contributed by atoms with van der Waals surface area (Å²) in [6, 6.07) is 5.25. The summed E-state index contributed by atoms with van der Waals surface area (Å²) in [4.78, 5) is 18.3. The minimum atomic E-state index is -2.92. The van der Waals surface area contributed by atoms with Crippen LogP contribution in [0.4, 0.5) is 0 Å². The lowest BCUT2D eigenvalue weighted by molar-refractivity contribution is -0.131. The van der Waals surface area contributed by atoms with Crippen molar-refractivity contribution in [2.24, 2.45) is 0 Å². The van der Waals surface area contributed by atoms with E-state index in [2.05, 4.69) is 4.98 Å². The molecule has 1 fully saturated rings. The highest BCUT2D eigenvalue weighted by molar-refractivity contribution is 7.99. The molecule has 6 nitrogen and oxygen atoms in total. The topological polar surface area (TPSA) is 80.5 Å². The van der Waals surface area contributed by atoms with Crippen molar-refractivity contribution in [3.8, 4) is 0 Å². The van der Waals surface area contributed by atoms with E-state index in [0.29, 0.717) is 46.4 Å². The lowest BCUT2D eigenvalue weighted by Gasteiger charge is -2.31. The van der Waals surface area contributed by atoms with Crippen molar-refractivity contribution in [2.75, 3.05) is 24.3 Å². The molecule has 0 atom stereocenters. The van der Waals surface area contributed by atoms with Crippen molar-refractivity contribution in [3.63, 3.8) is 0 Å². The number of fused-ring (bicyclic) bond motifs is 1. The Morgan fingerprint density at radius 1 is 1.40 bits per heavy atom. The average molecular weight is 403 g/mol. The Kier molecular flexibility index (Phi) is 5.60. The number of benzene rings is 1. The molecule has 0 N–H and O–H groups in total. The van der Waals surface area contributed by atoms with Crippen molar-refractivity contribution >= 4 is 50.2 Å². The first-order valence-corrected chi connectivity index (χ1v) is 11.2. The number of oxazole rings is 1. The monoisotopic (exact) mass is 402 g/mol. The molecule has 1 aromatic heterocycles. The van der Waals surface area contributed by atoms with Crippen molar-refractivity contribution in [1.29, 1.82) is 0 Å². The van der Waals surface area contributed by atoms with Gasteiger partial charge in [0.1, 0.15) is 15.4 Å². The second-order valence-electron chi connectivity index (χ2n) is 6.08. The molecule has 0 bridgehead atoms. The summed E-state index contributed by atoms with van der Waals surface area (Å²) in [7, 11) is -1.17. The minimum absolute atomic E-state index is 0.00694. The van der Waals surface area contributed by atoms with Crippen LogP contribution in [0.2, 0.25) is 5.02 Å². The fraction of sp³-hybridized carbons (Fsp3) is 0.500. The lowest BCUT2D eigenvalue weighted by Crippen LogP contribution is -2.42. The molecule has 0 saturated carbocycles. The van der Waals surface area contributed by atoms with Crippen molar-refractivity contribution in [3.05, 3.63) is 23.2 Å². The zero-order valence-corrected chi connectivity index (χ0v) is 16.2. The molecule has 1 aromatic carbocycles. The zero-order valence-electron chi connectivity index (χ0n) is 13.8. The van der Waals surface area contributed by atoms with Gasteiger partial charge >= 0.3 is 0 Å². The Hall–Kier alpha value is -1.25. The Morgan fingerprint density at radius 3 is 2.84 bits per heavy atom. The number of halogens is 1. The number of carbonyl (C=O) groups is 1. The van der Waals surface area contributed by atoms with Crippen LogP contribution in [0, 0.1) is 0 Å². The number of hydrogen-bond acceptors (Lipinski definition) is 6. The summed E-state index contributed by atoms with van der Waals surface area (Å²) in [6.45, 7) is 0. The van der Waals surface area contributed by atoms with Crippen LogP contribution in [0.25, 0.3) is 11.1 Å². The quantitative estimate of drug-likeness (QED) is 0.715. The van der Waals surface area contributed by atoms with Gasteiger partial charge in [-0.3, -0.25) is 4.79 Å². The fourth-order valence-electron chi connectivity index (χ4n) is 2.81. The number of aromatic nitrogens is 1. The normalized spacial score (nSPS) is 17.7. The van der Waals surface area contributed by atoms with Crippen LogP contribution in [0.15, 0.2) is 27.8 Å². The van der Waals surface area contributed by atoms with E-state index < -0.39 is 9.84 Å². The predicted molar refractivity (Wildman–Crippen MR) is 98.8 cm³/mol. The number of sulfone groups is 1. The van der Waals surface area contributed by atoms with Crippen molar-refractivity contribution in [2.45, 2.75) is 30.5 Å². The van der Waals surface area contributed by atoms with Gasteiger partial charge in [0.15, 0.2) is 5.58 Å². The highest BCUT2D eigenvalue weighted by Crippen LogP contribution is 2.26. The van der Waals surface area contributed by atoms with E-state index in [0.717, 1.165) is 0 Å². The molecule has 0 radical (unpaired) electrons. The largest absolute Gasteiger partial charge is 0.431 e. The van der Waals surface area contributed by atoms with E-state index in [9.17, 15) is 13.2 Å². The highest BCUT2D eigenvalue weighted by atomic mass is 35.5. The van der Waals surface area contributed by atoms with Crippen LogP contribution < -0.4 is 0 Å². The van der Waals surface area contributed by atoms with Gasteiger partial charge in [0.2, 0.25) is 5.91 Å². The second kappa shape index (κ2) is 7.55. The third kappa shape index (κ3) is 4.68. The third-order valence-electron chi connectivity index (χ3n) is 4.34. The molecule has 0 spiro atoms. The maximum atomic E-state index is 12.3. The van der Waals surface area contributed by atoms with Crippen molar-refractivity contribution in [1.82, 2.24) is 9.88 Å². The number of rotatable bonds is 5. The SMILES string of the molecule is CN(C(=O)CCSc1nc2cc(Cl)ccc2o1)C1CCS(=O)(=O)CC1. The first-order chi connectivity index (χ1) is 11.8. The van der Waals surface area contributed by atoms with Crippen molar-refractivity contribution < 1.29 is 17.6 Å². The van der Waals surface area contributed by atoms with Crippen LogP contribution in [0.1, 0.15) is 19.3 Å². The molecule has 2 heterocycles. The fourth-order valence-corrected chi connectivity index (χ4v) is 5.21. The van der Waals surface area contributed by atoms with Gasteiger partial charge in [-0.2, -0.15) is 0 Å². The van der Waals surface area contributed by atoms with Crippen LogP contribution in [0.5, 0.6) is 0 Å². The van der Waals surface area contributed by atoms with Gasteiger partial charge in [-0.1, -0.05) is 23.4 Å². The smallest absolute Gasteiger partial charge is 0.256 e. The summed E-state index contributed by atoms with van der Waals surface area (Å²) in [6.07, 6.45) is 1.39. The van der Waals surface area contributed by atoms with Gasteiger partial charge in [-0.25, -0.2) is 13.4 Å². The van der Waals surface area contributed by atoms with E-state index in [1.807, 2.05) is 0 Å². The molecule has 2 aromatic rings. The predicted octanol–water partition coefficient (Wildman–Crippen LogP) is 3.00. The average Bonchev–Trinajstić information content (AvgIpc) is 2.96. The Morgan fingerprint density at radius 2 is 2.12 bits per heavy atom. The van der Waals surface area contributed by atoms with Crippen LogP contribution in [-0.2, 0) is 14.6 Å². The summed E-state index contributed by atoms with van der Waals surface area (Å²) >= 11 is 7.30. The zero-order chi connectivity index (χ0) is 18.0. The number of nitrogens with zero attached hydrogens (tertiary/aromatic N) is 2. The molecule has 25 heavy (non-hydrogen) atoms. The van der Waals surface area contributed by atoms with Gasteiger partial charge in [0, 0.05) is 30.3 Å². The summed E-state index contributed by atoms with van der Waals surface area (Å²) < 4.78 is 28.6. The number of carbonyl (C=O) groups excluding carboxylic acids is 1. The summed E-state index contributed by atoms with van der Waals surface area (Å²) in [5.41, 5.74) is 1.36. The van der Waals surface area contributed by atoms with Gasteiger partial charge in [-0.05, 0) is 31.0 Å². The van der Waals surface area contributed by atoms with E-state index in [1.54, 1.807) is 30.1 Å². The molecule has 3 rings (SSSR count). The maximum Gasteiger partial charge on any atom is 0.256 e. The van der Waals surface area contributed by atoms with Gasteiger partial charge < -0.3 is 9.32 Å². The number of thioether (sulfide) groups is 1. The van der Waals surface area contributed by atoms with E-state index in [4.69, 9.17) is 16.0 Å². The Labute approximate surface area is 155 Å². The second-order valence-corrected chi connectivity index (χ2v) is 9.86. The van der Waals surface area contributed by atoms with E-state index in [-0.39, 0.29) is 23.5 Å². The lowest BCUT2D eigenvalue weighted by atomic mass is 10.1. The molecule has 9 heteroatoms. The van der Waals surface area contributed by atoms with Crippen LogP contribution in [0.3, 0.4) is 0 Å². The molecular weight excluding hydrogens is 384 g/mol. The summed E-state index contributed by atoms with van der Waals surface area (Å²) in [5, 5.41) is 1.11. The number of amides is 1. The molecule has 136 valence electrons. The Bertz CT molecular complexity index is 867. The van der Waals surface area contributed by atoms with Gasteiger partial charge in [-0.15, -0.1) is 0 Å². The van der Waals surface area contributed by atoms with Gasteiger partial charge in [0.05, 0.1) is 11.5 Å². The summed E-state index contributed by atoms with van der Waals surface area (Å²) in [5.74, 6) is 0.885. The third-order valence-corrected chi connectivity index (χ3v) is 7.12. The van der Waals surface area contributed by atoms with E-state index in [1.165, 1.54) is 11.8 Å². The standard InChI is InChI=1S/C16H19ClN2O4S2/c1-19(12-5-8-25(21,22)9-6-12)15(20)4-7-24-16-18-13-10-11(17)2-3-14(13)23-16/h2-3,10,12H,4-9H2,1H3.